The third-order valence-corrected chi connectivity index (χ3v) is 6.33. The summed E-state index contributed by atoms with van der Waals surface area (Å²) in [7, 11) is 1.37. The summed E-state index contributed by atoms with van der Waals surface area (Å²) >= 11 is 0. The summed E-state index contributed by atoms with van der Waals surface area (Å²) in [6.07, 6.45) is -6.11. The van der Waals surface area contributed by atoms with Gasteiger partial charge in [0.1, 0.15) is 12.2 Å². The van der Waals surface area contributed by atoms with Crippen LogP contribution < -0.4 is 10.1 Å². The van der Waals surface area contributed by atoms with Crippen LogP contribution in [0.2, 0.25) is 0 Å². The molecule has 7 nitrogen and oxygen atoms in total. The topological polar surface area (TPSA) is 89.9 Å². The number of carbonyl (C=O) groups is 1. The fourth-order valence-electron chi connectivity index (χ4n) is 4.28. The van der Waals surface area contributed by atoms with Crippen molar-refractivity contribution >= 4 is 11.6 Å². The Hall–Kier alpha value is -2.83. The molecule has 0 aliphatic carbocycles. The number of amides is 1. The van der Waals surface area contributed by atoms with E-state index in [0.717, 1.165) is 19.1 Å². The fourth-order valence-corrected chi connectivity index (χ4v) is 4.28. The van der Waals surface area contributed by atoms with E-state index in [1.165, 1.54) is 39.3 Å². The molecule has 1 amide bonds. The number of benzene rings is 1. The van der Waals surface area contributed by atoms with Gasteiger partial charge in [-0.2, -0.15) is 17.6 Å². The summed E-state index contributed by atoms with van der Waals surface area (Å²) in [4.78, 5) is 17.1. The zero-order chi connectivity index (χ0) is 26.8. The number of hydrogen-bond acceptors (Lipinski definition) is 6. The van der Waals surface area contributed by atoms with E-state index < -0.39 is 65.7 Å². The highest BCUT2D eigenvalue weighted by molar-refractivity contribution is 5.95. The van der Waals surface area contributed by atoms with Crippen molar-refractivity contribution in [1.29, 1.82) is 0 Å². The van der Waals surface area contributed by atoms with Crippen molar-refractivity contribution in [2.24, 2.45) is 5.92 Å². The first-order valence-corrected chi connectivity index (χ1v) is 11.1. The van der Waals surface area contributed by atoms with Crippen LogP contribution in [0, 0.1) is 17.6 Å². The molecule has 0 unspecified atom stereocenters. The predicted molar refractivity (Wildman–Crippen MR) is 118 cm³/mol. The minimum Gasteiger partial charge on any atom is -0.485 e. The molecule has 0 saturated carbocycles. The van der Waals surface area contributed by atoms with Crippen molar-refractivity contribution in [1.82, 2.24) is 4.98 Å². The van der Waals surface area contributed by atoms with Crippen molar-refractivity contribution in [3.05, 3.63) is 53.4 Å². The number of aliphatic hydroxyl groups excluding tert-OH is 1. The summed E-state index contributed by atoms with van der Waals surface area (Å²) in [6, 6.07) is 4.58. The Bertz CT molecular complexity index is 1100. The van der Waals surface area contributed by atoms with Gasteiger partial charge in [0.25, 0.3) is 5.91 Å². The number of anilines is 1. The zero-order valence-corrected chi connectivity index (χ0v) is 20.0. The molecule has 0 bridgehead atoms. The summed E-state index contributed by atoms with van der Waals surface area (Å²) in [5.41, 5.74) is -2.56. The number of alkyl halides is 3. The average molecular weight is 518 g/mol. The van der Waals surface area contributed by atoms with Gasteiger partial charge in [-0.05, 0) is 32.0 Å². The lowest BCUT2D eigenvalue weighted by Gasteiger charge is -2.32. The molecule has 0 radical (unpaired) electrons. The van der Waals surface area contributed by atoms with Crippen molar-refractivity contribution < 1.29 is 46.1 Å². The normalized spacial score (nSPS) is 25.0. The summed E-state index contributed by atoms with van der Waals surface area (Å²) in [6.45, 7) is 3.11. The molecule has 3 rings (SSSR count). The van der Waals surface area contributed by atoms with E-state index >= 15 is 0 Å². The highest BCUT2D eigenvalue weighted by Crippen LogP contribution is 2.55. The van der Waals surface area contributed by atoms with Crippen LogP contribution in [0.1, 0.15) is 37.9 Å². The SMILES string of the molecule is COC[C@@H](C)Oc1c([C@H]2[C@H](C(=O)Nc3ccnc(CO)c3)O[C@@](C)(C(F)(F)F)[C@H]2C)ccc(F)c1F. The highest BCUT2D eigenvalue weighted by Gasteiger charge is 2.66. The average Bonchev–Trinajstić information content (AvgIpc) is 3.09. The molecule has 1 aliphatic rings. The molecule has 2 heterocycles. The van der Waals surface area contributed by atoms with Gasteiger partial charge in [-0.25, -0.2) is 4.39 Å². The Kier molecular flexibility index (Phi) is 8.21. The molecule has 1 fully saturated rings. The Balaban J connectivity index is 2.09. The first-order valence-electron chi connectivity index (χ1n) is 11.1. The van der Waals surface area contributed by atoms with Crippen LogP contribution in [-0.4, -0.2) is 53.7 Å². The van der Waals surface area contributed by atoms with E-state index in [1.54, 1.807) is 0 Å². The van der Waals surface area contributed by atoms with Crippen LogP contribution in [0.5, 0.6) is 5.75 Å². The number of carbonyl (C=O) groups excluding carboxylic acids is 1. The van der Waals surface area contributed by atoms with Crippen LogP contribution >= 0.6 is 0 Å². The third kappa shape index (κ3) is 5.30. The van der Waals surface area contributed by atoms with E-state index in [-0.39, 0.29) is 23.6 Å². The van der Waals surface area contributed by atoms with Crippen LogP contribution in [0.15, 0.2) is 30.5 Å². The molecule has 1 aliphatic heterocycles. The number of methoxy groups -OCH3 is 1. The van der Waals surface area contributed by atoms with Crippen molar-refractivity contribution in [2.45, 2.75) is 57.3 Å². The fraction of sp³-hybridized carbons (Fsp3) is 0.500. The van der Waals surface area contributed by atoms with Crippen LogP contribution in [0.25, 0.3) is 0 Å². The Morgan fingerprint density at radius 1 is 1.31 bits per heavy atom. The second-order valence-corrected chi connectivity index (χ2v) is 8.80. The lowest BCUT2D eigenvalue weighted by atomic mass is 9.77. The van der Waals surface area contributed by atoms with Crippen LogP contribution in [0.3, 0.4) is 0 Å². The lowest BCUT2D eigenvalue weighted by Crippen LogP contribution is -2.47. The molecule has 36 heavy (non-hydrogen) atoms. The minimum absolute atomic E-state index is 0.00840. The Morgan fingerprint density at radius 3 is 2.61 bits per heavy atom. The number of nitrogens with one attached hydrogen (secondary N) is 1. The van der Waals surface area contributed by atoms with Crippen molar-refractivity contribution in [3.8, 4) is 5.75 Å². The Labute approximate surface area is 204 Å². The molecule has 1 aromatic carbocycles. The minimum atomic E-state index is -4.89. The standard InChI is InChI=1S/C24H27F5N2O5/c1-12(11-34-4)35-20-16(5-6-17(25)19(20)26)18-13(2)23(3,24(27,28)29)36-21(18)22(33)31-14-7-8-30-15(9-14)10-32/h5-9,12-13,18,21,32H,10-11H2,1-4H3,(H,30,31,33)/t12-,13+,18+,21-,23-/m1/s1. The van der Waals surface area contributed by atoms with E-state index in [9.17, 15) is 31.9 Å². The number of ether oxygens (including phenoxy) is 3. The van der Waals surface area contributed by atoms with Gasteiger partial charge in [0.05, 0.1) is 18.9 Å². The molecular formula is C24H27F5N2O5. The van der Waals surface area contributed by atoms with Gasteiger partial charge in [-0.15, -0.1) is 0 Å². The molecule has 1 aromatic heterocycles. The zero-order valence-electron chi connectivity index (χ0n) is 20.0. The molecule has 2 aromatic rings. The summed E-state index contributed by atoms with van der Waals surface area (Å²) in [5, 5.41) is 11.7. The van der Waals surface area contributed by atoms with Gasteiger partial charge in [-0.1, -0.05) is 13.0 Å². The van der Waals surface area contributed by atoms with E-state index in [0.29, 0.717) is 0 Å². The number of halogens is 5. The van der Waals surface area contributed by atoms with Gasteiger partial charge in [0, 0.05) is 36.4 Å². The van der Waals surface area contributed by atoms with E-state index in [1.807, 2.05) is 0 Å². The quantitative estimate of drug-likeness (QED) is 0.506. The maximum absolute atomic E-state index is 14.9. The van der Waals surface area contributed by atoms with Crippen LogP contribution in [-0.2, 0) is 20.9 Å². The van der Waals surface area contributed by atoms with Gasteiger partial charge in [-0.3, -0.25) is 9.78 Å². The lowest BCUT2D eigenvalue weighted by molar-refractivity contribution is -0.272. The highest BCUT2D eigenvalue weighted by atomic mass is 19.4. The number of rotatable bonds is 8. The van der Waals surface area contributed by atoms with Gasteiger partial charge in [0.2, 0.25) is 5.82 Å². The third-order valence-electron chi connectivity index (χ3n) is 6.33. The van der Waals surface area contributed by atoms with Crippen molar-refractivity contribution in [2.75, 3.05) is 19.0 Å². The molecule has 1 saturated heterocycles. The van der Waals surface area contributed by atoms with Gasteiger partial charge >= 0.3 is 6.18 Å². The number of aromatic nitrogens is 1. The summed E-state index contributed by atoms with van der Waals surface area (Å²) < 4.78 is 87.3. The smallest absolute Gasteiger partial charge is 0.417 e. The van der Waals surface area contributed by atoms with Gasteiger partial charge in [0.15, 0.2) is 17.2 Å². The molecule has 0 spiro atoms. The Morgan fingerprint density at radius 2 is 2.00 bits per heavy atom. The first-order chi connectivity index (χ1) is 16.8. The molecule has 198 valence electrons. The van der Waals surface area contributed by atoms with E-state index in [2.05, 4.69) is 10.3 Å². The first kappa shape index (κ1) is 27.8. The summed E-state index contributed by atoms with van der Waals surface area (Å²) in [5.74, 6) is -6.99. The van der Waals surface area contributed by atoms with Gasteiger partial charge < -0.3 is 24.6 Å². The molecule has 12 heteroatoms. The number of pyridine rings is 1. The second kappa shape index (κ2) is 10.7. The number of aliphatic hydroxyl groups is 1. The van der Waals surface area contributed by atoms with Crippen molar-refractivity contribution in [3.63, 3.8) is 0 Å². The molecular weight excluding hydrogens is 491 g/mol. The monoisotopic (exact) mass is 518 g/mol. The molecule has 5 atom stereocenters. The van der Waals surface area contributed by atoms with Crippen LogP contribution in [0.4, 0.5) is 27.6 Å². The predicted octanol–water partition coefficient (Wildman–Crippen LogP) is 4.34. The number of hydrogen-bond donors (Lipinski definition) is 2. The molecule has 2 N–H and O–H groups in total. The largest absolute Gasteiger partial charge is 0.485 e. The number of nitrogens with zero attached hydrogens (tertiary/aromatic N) is 1. The maximum atomic E-state index is 14.9. The second-order valence-electron chi connectivity index (χ2n) is 8.80. The van der Waals surface area contributed by atoms with E-state index in [4.69, 9.17) is 14.2 Å². The maximum Gasteiger partial charge on any atom is 0.417 e.